The van der Waals surface area contributed by atoms with E-state index in [4.69, 9.17) is 4.74 Å². The molecule has 1 aliphatic rings. The van der Waals surface area contributed by atoms with Gasteiger partial charge in [-0.25, -0.2) is 4.98 Å². The van der Waals surface area contributed by atoms with Crippen molar-refractivity contribution in [3.05, 3.63) is 82.1 Å². The van der Waals surface area contributed by atoms with Gasteiger partial charge in [-0.15, -0.1) is 11.3 Å². The Labute approximate surface area is 203 Å². The van der Waals surface area contributed by atoms with Crippen LogP contribution in [0.25, 0.3) is 10.6 Å². The van der Waals surface area contributed by atoms with E-state index >= 15 is 0 Å². The number of nitrogens with zero attached hydrogens (tertiary/aromatic N) is 2. The number of carbonyl (C=O) groups excluding carboxylic acids is 2. The Hall–Kier alpha value is -3.45. The number of ether oxygens (including phenoxy) is 1. The summed E-state index contributed by atoms with van der Waals surface area (Å²) < 4.78 is 5.78. The van der Waals surface area contributed by atoms with Crippen molar-refractivity contribution in [1.82, 2.24) is 9.88 Å². The van der Waals surface area contributed by atoms with E-state index in [1.165, 1.54) is 11.3 Å². The van der Waals surface area contributed by atoms with E-state index in [0.717, 1.165) is 22.6 Å². The quantitative estimate of drug-likeness (QED) is 0.389. The minimum atomic E-state index is -0.688. The van der Waals surface area contributed by atoms with Gasteiger partial charge in [-0.1, -0.05) is 56.3 Å². The molecule has 1 aliphatic heterocycles. The lowest BCUT2D eigenvalue weighted by Crippen LogP contribution is -2.31. The van der Waals surface area contributed by atoms with Crippen LogP contribution in [0.5, 0.6) is 5.75 Å². The van der Waals surface area contributed by atoms with Crippen molar-refractivity contribution in [3.8, 4) is 16.3 Å². The Morgan fingerprint density at radius 3 is 2.59 bits per heavy atom. The van der Waals surface area contributed by atoms with Gasteiger partial charge in [0.15, 0.2) is 5.76 Å². The third-order valence-electron chi connectivity index (χ3n) is 5.68. The molecule has 0 bridgehead atoms. The number of carbonyl (C=O) groups is 2. The molecule has 7 heteroatoms. The molecular weight excluding hydrogens is 448 g/mol. The van der Waals surface area contributed by atoms with Gasteiger partial charge < -0.3 is 14.7 Å². The van der Waals surface area contributed by atoms with E-state index in [0.29, 0.717) is 35.9 Å². The molecule has 34 heavy (non-hydrogen) atoms. The summed E-state index contributed by atoms with van der Waals surface area (Å²) in [5, 5.41) is 11.6. The largest absolute Gasteiger partial charge is 0.503 e. The highest BCUT2D eigenvalue weighted by Crippen LogP contribution is 2.41. The van der Waals surface area contributed by atoms with Crippen molar-refractivity contribution in [2.45, 2.75) is 39.7 Å². The minimum Gasteiger partial charge on any atom is -0.503 e. The summed E-state index contributed by atoms with van der Waals surface area (Å²) in [6, 6.07) is 16.4. The van der Waals surface area contributed by atoms with Gasteiger partial charge in [0.2, 0.25) is 5.78 Å². The highest BCUT2D eigenvalue weighted by Gasteiger charge is 2.44. The van der Waals surface area contributed by atoms with Gasteiger partial charge in [0.25, 0.3) is 5.91 Å². The lowest BCUT2D eigenvalue weighted by atomic mass is 9.95. The summed E-state index contributed by atoms with van der Waals surface area (Å²) in [6.07, 6.45) is 1.56. The molecule has 3 aromatic rings. The normalized spacial score (nSPS) is 15.8. The predicted molar refractivity (Wildman–Crippen MR) is 133 cm³/mol. The molecular formula is C27H28N2O4S. The van der Waals surface area contributed by atoms with E-state index in [2.05, 4.69) is 4.98 Å². The van der Waals surface area contributed by atoms with Crippen LogP contribution in [0.1, 0.15) is 53.7 Å². The Balaban J connectivity index is 1.76. The Kier molecular flexibility index (Phi) is 7.12. The van der Waals surface area contributed by atoms with E-state index < -0.39 is 17.7 Å². The Morgan fingerprint density at radius 2 is 1.88 bits per heavy atom. The molecule has 1 atom stereocenters. The fourth-order valence-corrected chi connectivity index (χ4v) is 5.16. The molecule has 0 spiro atoms. The summed E-state index contributed by atoms with van der Waals surface area (Å²) in [5.41, 5.74) is 2.32. The highest BCUT2D eigenvalue weighted by atomic mass is 32.1. The number of benzene rings is 2. The van der Waals surface area contributed by atoms with Crippen LogP contribution in [0.4, 0.5) is 0 Å². The van der Waals surface area contributed by atoms with Crippen LogP contribution in [0.2, 0.25) is 0 Å². The maximum atomic E-state index is 13.8. The van der Waals surface area contributed by atoms with E-state index in [9.17, 15) is 14.7 Å². The summed E-state index contributed by atoms with van der Waals surface area (Å²) in [5.74, 6) is -0.716. The SMILES string of the molecule is CCCOc1cccc(C2C(C(=O)c3sc(-c4ccccc4)nc3C)=C(O)C(=O)N2CCC)c1. The zero-order valence-corrected chi connectivity index (χ0v) is 20.4. The molecule has 2 aromatic carbocycles. The number of hydrogen-bond acceptors (Lipinski definition) is 6. The molecule has 1 amide bonds. The van der Waals surface area contributed by atoms with Crippen molar-refractivity contribution in [3.63, 3.8) is 0 Å². The van der Waals surface area contributed by atoms with Crippen molar-refractivity contribution in [2.75, 3.05) is 13.2 Å². The number of hydrogen-bond donors (Lipinski definition) is 1. The molecule has 6 nitrogen and oxygen atoms in total. The van der Waals surface area contributed by atoms with E-state index in [1.807, 2.05) is 68.4 Å². The predicted octanol–water partition coefficient (Wildman–Crippen LogP) is 5.90. The number of Topliss-reactive ketones (excluding diaryl/α,β-unsaturated/α-hetero) is 1. The molecule has 0 aliphatic carbocycles. The molecule has 2 heterocycles. The van der Waals surface area contributed by atoms with Crippen molar-refractivity contribution < 1.29 is 19.4 Å². The lowest BCUT2D eigenvalue weighted by Gasteiger charge is -2.26. The van der Waals surface area contributed by atoms with Gasteiger partial charge in [-0.05, 0) is 37.5 Å². The van der Waals surface area contributed by atoms with Gasteiger partial charge in [0.1, 0.15) is 10.8 Å². The first kappa shape index (κ1) is 23.7. The summed E-state index contributed by atoms with van der Waals surface area (Å²) >= 11 is 1.28. The smallest absolute Gasteiger partial charge is 0.290 e. The first-order valence-corrected chi connectivity index (χ1v) is 12.3. The van der Waals surface area contributed by atoms with Crippen LogP contribution in [0, 0.1) is 6.92 Å². The van der Waals surface area contributed by atoms with E-state index in [1.54, 1.807) is 11.8 Å². The van der Waals surface area contributed by atoms with Crippen LogP contribution in [-0.4, -0.2) is 39.8 Å². The summed E-state index contributed by atoms with van der Waals surface area (Å²) in [7, 11) is 0. The molecule has 0 radical (unpaired) electrons. The number of aryl methyl sites for hydroxylation is 1. The molecule has 4 rings (SSSR count). The zero-order chi connectivity index (χ0) is 24.2. The maximum Gasteiger partial charge on any atom is 0.290 e. The Morgan fingerprint density at radius 1 is 1.12 bits per heavy atom. The number of rotatable bonds is 9. The fraction of sp³-hybridized carbons (Fsp3) is 0.296. The lowest BCUT2D eigenvalue weighted by molar-refractivity contribution is -0.129. The molecule has 0 fully saturated rings. The van der Waals surface area contributed by atoms with Crippen LogP contribution in [-0.2, 0) is 4.79 Å². The number of aliphatic hydroxyl groups excluding tert-OH is 1. The summed E-state index contributed by atoms with van der Waals surface area (Å²) in [4.78, 5) is 33.4. The molecule has 0 saturated heterocycles. The molecule has 176 valence electrons. The second-order valence-electron chi connectivity index (χ2n) is 8.21. The first-order chi connectivity index (χ1) is 16.5. The van der Waals surface area contributed by atoms with Gasteiger partial charge in [0, 0.05) is 12.1 Å². The van der Waals surface area contributed by atoms with Crippen LogP contribution >= 0.6 is 11.3 Å². The van der Waals surface area contributed by atoms with Crippen LogP contribution in [0.15, 0.2) is 65.9 Å². The molecule has 1 N–H and O–H groups in total. The zero-order valence-electron chi connectivity index (χ0n) is 19.6. The molecule has 1 unspecified atom stereocenters. The molecule has 1 aromatic heterocycles. The Bertz CT molecular complexity index is 1230. The van der Waals surface area contributed by atoms with Crippen molar-refractivity contribution in [2.24, 2.45) is 0 Å². The van der Waals surface area contributed by atoms with Gasteiger partial charge >= 0.3 is 0 Å². The monoisotopic (exact) mass is 476 g/mol. The summed E-state index contributed by atoms with van der Waals surface area (Å²) in [6.45, 7) is 6.76. The number of amides is 1. The maximum absolute atomic E-state index is 13.8. The van der Waals surface area contributed by atoms with Crippen LogP contribution < -0.4 is 4.74 Å². The average Bonchev–Trinajstić information content (AvgIpc) is 3.36. The van der Waals surface area contributed by atoms with Gasteiger partial charge in [-0.2, -0.15) is 0 Å². The topological polar surface area (TPSA) is 79.7 Å². The van der Waals surface area contributed by atoms with Crippen LogP contribution in [0.3, 0.4) is 0 Å². The first-order valence-electron chi connectivity index (χ1n) is 11.5. The van der Waals surface area contributed by atoms with Crippen molar-refractivity contribution in [1.29, 1.82) is 0 Å². The minimum absolute atomic E-state index is 0.0949. The second kappa shape index (κ2) is 10.2. The second-order valence-corrected chi connectivity index (χ2v) is 9.21. The number of aromatic nitrogens is 1. The third-order valence-corrected chi connectivity index (χ3v) is 6.89. The van der Waals surface area contributed by atoms with E-state index in [-0.39, 0.29) is 11.4 Å². The van der Waals surface area contributed by atoms with Crippen molar-refractivity contribution >= 4 is 23.0 Å². The highest BCUT2D eigenvalue weighted by molar-refractivity contribution is 7.17. The standard InChI is InChI=1S/C27H28N2O4S/c1-4-14-29-22(19-12-9-13-20(16-19)33-15-5-2)21(24(31)27(29)32)23(30)25-17(3)28-26(34-25)18-10-7-6-8-11-18/h6-13,16,22,31H,4-5,14-15H2,1-3H3. The number of ketones is 1. The fourth-order valence-electron chi connectivity index (χ4n) is 4.13. The average molecular weight is 477 g/mol. The number of thiazole rings is 1. The van der Waals surface area contributed by atoms with Gasteiger partial charge in [-0.3, -0.25) is 9.59 Å². The third kappa shape index (κ3) is 4.48. The van der Waals surface area contributed by atoms with Gasteiger partial charge in [0.05, 0.1) is 28.8 Å². The number of aliphatic hydroxyl groups is 1. The molecule has 0 saturated carbocycles.